The quantitative estimate of drug-likeness (QED) is 0.771. The summed E-state index contributed by atoms with van der Waals surface area (Å²) >= 11 is 5.79. The van der Waals surface area contributed by atoms with Gasteiger partial charge in [-0.15, -0.1) is 0 Å². The third-order valence-electron chi connectivity index (χ3n) is 3.25. The van der Waals surface area contributed by atoms with Gasteiger partial charge in [-0.2, -0.15) is 0 Å². The first-order valence-corrected chi connectivity index (χ1v) is 9.75. The number of benzene rings is 2. The van der Waals surface area contributed by atoms with E-state index in [0.717, 1.165) is 11.8 Å². The highest BCUT2D eigenvalue weighted by Gasteiger charge is 2.11. The van der Waals surface area contributed by atoms with Crippen LogP contribution < -0.4 is 14.8 Å². The molecule has 0 saturated carbocycles. The number of hydrogen-bond acceptors (Lipinski definition) is 4. The van der Waals surface area contributed by atoms with E-state index in [-0.39, 0.29) is 18.6 Å². The Morgan fingerprint density at radius 1 is 1.20 bits per heavy atom. The lowest BCUT2D eigenvalue weighted by Gasteiger charge is -2.16. The van der Waals surface area contributed by atoms with Gasteiger partial charge in [-0.1, -0.05) is 23.7 Å². The van der Waals surface area contributed by atoms with Crippen molar-refractivity contribution in [2.24, 2.45) is 0 Å². The van der Waals surface area contributed by atoms with Crippen LogP contribution in [0, 0.1) is 0 Å². The Balaban J connectivity index is 1.92. The van der Waals surface area contributed by atoms with Gasteiger partial charge in [0.2, 0.25) is 10.0 Å². The second-order valence-corrected chi connectivity index (χ2v) is 7.72. The highest BCUT2D eigenvalue weighted by molar-refractivity contribution is 7.92. The van der Waals surface area contributed by atoms with Crippen LogP contribution in [0.3, 0.4) is 0 Å². The largest absolute Gasteiger partial charge is 0.484 e. The van der Waals surface area contributed by atoms with Crippen LogP contribution in [-0.2, 0) is 14.8 Å². The van der Waals surface area contributed by atoms with Crippen molar-refractivity contribution in [1.82, 2.24) is 5.32 Å². The SMILES string of the molecule is C[C@H](NC(=O)COc1ccc(Cl)cc1)c1cccc(NS(C)(=O)=O)c1. The molecule has 0 spiro atoms. The molecule has 0 aromatic heterocycles. The number of nitrogens with one attached hydrogen (secondary N) is 2. The topological polar surface area (TPSA) is 84.5 Å². The fourth-order valence-corrected chi connectivity index (χ4v) is 2.81. The summed E-state index contributed by atoms with van der Waals surface area (Å²) in [6.07, 6.45) is 1.08. The first-order chi connectivity index (χ1) is 11.7. The molecule has 0 unspecified atom stereocenters. The lowest BCUT2D eigenvalue weighted by Crippen LogP contribution is -2.31. The Bertz CT molecular complexity index is 838. The second-order valence-electron chi connectivity index (χ2n) is 5.53. The number of carbonyl (C=O) groups is 1. The molecule has 0 fully saturated rings. The van der Waals surface area contributed by atoms with E-state index in [1.807, 2.05) is 0 Å². The predicted molar refractivity (Wildman–Crippen MR) is 98.4 cm³/mol. The molecular formula is C17H19ClN2O4S. The van der Waals surface area contributed by atoms with Gasteiger partial charge < -0.3 is 10.1 Å². The van der Waals surface area contributed by atoms with Gasteiger partial charge in [0.1, 0.15) is 5.75 Å². The van der Waals surface area contributed by atoms with E-state index < -0.39 is 10.0 Å². The van der Waals surface area contributed by atoms with E-state index in [0.29, 0.717) is 16.5 Å². The zero-order chi connectivity index (χ0) is 18.4. The molecule has 1 atom stereocenters. The van der Waals surface area contributed by atoms with Crippen molar-refractivity contribution in [3.63, 3.8) is 0 Å². The van der Waals surface area contributed by atoms with Crippen molar-refractivity contribution in [1.29, 1.82) is 0 Å². The summed E-state index contributed by atoms with van der Waals surface area (Å²) in [7, 11) is -3.35. The Labute approximate surface area is 152 Å². The first-order valence-electron chi connectivity index (χ1n) is 7.48. The maximum absolute atomic E-state index is 12.0. The molecule has 6 nitrogen and oxygen atoms in total. The number of ether oxygens (including phenoxy) is 1. The normalized spacial score (nSPS) is 12.3. The van der Waals surface area contributed by atoms with Crippen molar-refractivity contribution in [2.75, 3.05) is 17.6 Å². The highest BCUT2D eigenvalue weighted by atomic mass is 35.5. The molecule has 2 aromatic carbocycles. The molecule has 2 rings (SSSR count). The average Bonchev–Trinajstić information content (AvgIpc) is 2.53. The van der Waals surface area contributed by atoms with Gasteiger partial charge in [-0.05, 0) is 48.9 Å². The molecule has 134 valence electrons. The summed E-state index contributed by atoms with van der Waals surface area (Å²) in [5, 5.41) is 3.39. The summed E-state index contributed by atoms with van der Waals surface area (Å²) < 4.78 is 30.4. The Kier molecular flexibility index (Phi) is 6.27. The molecule has 0 aliphatic rings. The fraction of sp³-hybridized carbons (Fsp3) is 0.235. The van der Waals surface area contributed by atoms with Crippen molar-refractivity contribution in [3.8, 4) is 5.75 Å². The lowest BCUT2D eigenvalue weighted by molar-refractivity contribution is -0.123. The van der Waals surface area contributed by atoms with E-state index in [2.05, 4.69) is 10.0 Å². The minimum Gasteiger partial charge on any atom is -0.484 e. The van der Waals surface area contributed by atoms with E-state index >= 15 is 0 Å². The van der Waals surface area contributed by atoms with Crippen molar-refractivity contribution >= 4 is 33.2 Å². The van der Waals surface area contributed by atoms with Gasteiger partial charge in [0.25, 0.3) is 5.91 Å². The van der Waals surface area contributed by atoms with E-state index in [1.54, 1.807) is 55.5 Å². The molecule has 0 saturated heterocycles. The summed E-state index contributed by atoms with van der Waals surface area (Å²) in [4.78, 5) is 12.0. The summed E-state index contributed by atoms with van der Waals surface area (Å²) in [5.74, 6) is 0.260. The van der Waals surface area contributed by atoms with Crippen LogP contribution in [0.4, 0.5) is 5.69 Å². The summed E-state index contributed by atoms with van der Waals surface area (Å²) in [6.45, 7) is 1.67. The van der Waals surface area contributed by atoms with Gasteiger partial charge >= 0.3 is 0 Å². The van der Waals surface area contributed by atoms with Crippen LogP contribution >= 0.6 is 11.6 Å². The van der Waals surface area contributed by atoms with E-state index in [9.17, 15) is 13.2 Å². The van der Waals surface area contributed by atoms with Crippen LogP contribution in [-0.4, -0.2) is 27.2 Å². The van der Waals surface area contributed by atoms with Gasteiger partial charge in [-0.3, -0.25) is 9.52 Å². The molecule has 2 aromatic rings. The van der Waals surface area contributed by atoms with Gasteiger partial charge in [0, 0.05) is 10.7 Å². The zero-order valence-electron chi connectivity index (χ0n) is 13.8. The molecule has 25 heavy (non-hydrogen) atoms. The number of rotatable bonds is 7. The maximum Gasteiger partial charge on any atom is 0.258 e. The minimum atomic E-state index is -3.35. The molecule has 1 amide bonds. The van der Waals surface area contributed by atoms with Gasteiger partial charge in [0.05, 0.1) is 12.3 Å². The Hall–Kier alpha value is -2.25. The summed E-state index contributed by atoms with van der Waals surface area (Å²) in [5.41, 5.74) is 1.21. The second kappa shape index (κ2) is 8.22. The maximum atomic E-state index is 12.0. The first kappa shape index (κ1) is 19.1. The van der Waals surface area contributed by atoms with Crippen molar-refractivity contribution in [3.05, 3.63) is 59.1 Å². The molecule has 0 aliphatic carbocycles. The van der Waals surface area contributed by atoms with E-state index in [1.165, 1.54) is 0 Å². The van der Waals surface area contributed by atoms with Gasteiger partial charge in [0.15, 0.2) is 6.61 Å². The molecule has 0 heterocycles. The Morgan fingerprint density at radius 3 is 2.52 bits per heavy atom. The van der Waals surface area contributed by atoms with Gasteiger partial charge in [-0.25, -0.2) is 8.42 Å². The number of amides is 1. The smallest absolute Gasteiger partial charge is 0.258 e. The number of halogens is 1. The number of hydrogen-bond donors (Lipinski definition) is 2. The van der Waals surface area contributed by atoms with Crippen molar-refractivity contribution in [2.45, 2.75) is 13.0 Å². The number of sulfonamides is 1. The number of anilines is 1. The van der Waals surface area contributed by atoms with Crippen molar-refractivity contribution < 1.29 is 17.9 Å². The predicted octanol–water partition coefficient (Wildman–Crippen LogP) is 2.97. The molecule has 0 aliphatic heterocycles. The fourth-order valence-electron chi connectivity index (χ4n) is 2.13. The Morgan fingerprint density at radius 2 is 1.88 bits per heavy atom. The minimum absolute atomic E-state index is 0.132. The van der Waals surface area contributed by atoms with Crippen LogP contribution in [0.2, 0.25) is 5.02 Å². The molecular weight excluding hydrogens is 364 g/mol. The summed E-state index contributed by atoms with van der Waals surface area (Å²) in [6, 6.07) is 13.2. The lowest BCUT2D eigenvalue weighted by atomic mass is 10.1. The third kappa shape index (κ3) is 6.64. The average molecular weight is 383 g/mol. The monoisotopic (exact) mass is 382 g/mol. The number of carbonyl (C=O) groups excluding carboxylic acids is 1. The van der Waals surface area contributed by atoms with Crippen LogP contribution in [0.1, 0.15) is 18.5 Å². The van der Waals surface area contributed by atoms with E-state index in [4.69, 9.17) is 16.3 Å². The molecule has 0 radical (unpaired) electrons. The van der Waals surface area contributed by atoms with Crippen LogP contribution in [0.5, 0.6) is 5.75 Å². The highest BCUT2D eigenvalue weighted by Crippen LogP contribution is 2.18. The molecule has 0 bridgehead atoms. The van der Waals surface area contributed by atoms with Crippen LogP contribution in [0.25, 0.3) is 0 Å². The molecule has 8 heteroatoms. The standard InChI is InChI=1S/C17H19ClN2O4S/c1-12(13-4-3-5-15(10-13)20-25(2,22)23)19-17(21)11-24-16-8-6-14(18)7-9-16/h3-10,12,20H,11H2,1-2H3,(H,19,21)/t12-/m0/s1. The van der Waals surface area contributed by atoms with Crippen LogP contribution in [0.15, 0.2) is 48.5 Å². The third-order valence-corrected chi connectivity index (χ3v) is 4.11. The zero-order valence-corrected chi connectivity index (χ0v) is 15.4. The molecule has 2 N–H and O–H groups in total.